The molecule has 0 aliphatic heterocycles. The van der Waals surface area contributed by atoms with Crippen molar-refractivity contribution >= 4 is 33.1 Å². The van der Waals surface area contributed by atoms with Gasteiger partial charge in [-0.3, -0.25) is 0 Å². The minimum atomic E-state index is -0.437. The molecule has 116 valence electrons. The van der Waals surface area contributed by atoms with Crippen molar-refractivity contribution in [2.45, 2.75) is 45.1 Å². The smallest absolute Gasteiger partial charge is 0.227 e. The van der Waals surface area contributed by atoms with Crippen molar-refractivity contribution in [3.05, 3.63) is 16.8 Å². The Morgan fingerprint density at radius 3 is 3.23 bits per heavy atom. The Morgan fingerprint density at radius 1 is 1.55 bits per heavy atom. The lowest BCUT2D eigenvalue weighted by Crippen LogP contribution is -2.18. The van der Waals surface area contributed by atoms with Gasteiger partial charge in [0.25, 0.3) is 0 Å². The third-order valence-corrected chi connectivity index (χ3v) is 5.43. The summed E-state index contributed by atoms with van der Waals surface area (Å²) in [6, 6.07) is 0. The molecule has 0 fully saturated rings. The molecule has 2 N–H and O–H groups in total. The largest absolute Gasteiger partial charge is 0.392 e. The second-order valence-electron chi connectivity index (χ2n) is 6.07. The highest BCUT2D eigenvalue weighted by atomic mass is 32.1. The van der Waals surface area contributed by atoms with Gasteiger partial charge in [0, 0.05) is 11.4 Å². The van der Waals surface area contributed by atoms with Crippen molar-refractivity contribution in [1.29, 1.82) is 0 Å². The maximum absolute atomic E-state index is 9.48. The lowest BCUT2D eigenvalue weighted by molar-refractivity contribution is 0.208. The third-order valence-electron chi connectivity index (χ3n) is 4.27. The van der Waals surface area contributed by atoms with Crippen LogP contribution in [-0.2, 0) is 6.42 Å². The molecule has 22 heavy (non-hydrogen) atoms. The molecule has 0 saturated heterocycles. The molecule has 3 heterocycles. The number of hydrogen-bond donors (Lipinski definition) is 2. The van der Waals surface area contributed by atoms with E-state index in [-0.39, 0.29) is 0 Å². The van der Waals surface area contributed by atoms with E-state index in [4.69, 9.17) is 4.98 Å². The second kappa shape index (κ2) is 5.17. The minimum absolute atomic E-state index is 0.437. The Kier molecular flexibility index (Phi) is 3.27. The van der Waals surface area contributed by atoms with Gasteiger partial charge in [-0.1, -0.05) is 6.92 Å². The minimum Gasteiger partial charge on any atom is -0.392 e. The van der Waals surface area contributed by atoms with Crippen molar-refractivity contribution in [2.75, 3.05) is 11.9 Å². The molecule has 4 rings (SSSR count). The number of nitrogens with zero attached hydrogens (tertiary/aromatic N) is 4. The molecule has 1 aliphatic rings. The summed E-state index contributed by atoms with van der Waals surface area (Å²) in [5.74, 6) is 1.20. The van der Waals surface area contributed by atoms with E-state index in [2.05, 4.69) is 22.3 Å². The van der Waals surface area contributed by atoms with Gasteiger partial charge in [0.05, 0.1) is 11.5 Å². The van der Waals surface area contributed by atoms with Gasteiger partial charge in [-0.25, -0.2) is 9.97 Å². The van der Waals surface area contributed by atoms with E-state index in [9.17, 15) is 5.11 Å². The van der Waals surface area contributed by atoms with E-state index < -0.39 is 6.10 Å². The van der Waals surface area contributed by atoms with Gasteiger partial charge in [0.15, 0.2) is 5.65 Å². The number of nitrogens with one attached hydrogen (secondary N) is 1. The summed E-state index contributed by atoms with van der Waals surface area (Å²) >= 11 is 1.78. The predicted molar refractivity (Wildman–Crippen MR) is 87.7 cm³/mol. The molecule has 0 amide bonds. The summed E-state index contributed by atoms with van der Waals surface area (Å²) in [4.78, 5) is 11.7. The van der Waals surface area contributed by atoms with Gasteiger partial charge in [-0.15, -0.1) is 11.3 Å². The third kappa shape index (κ3) is 2.07. The summed E-state index contributed by atoms with van der Waals surface area (Å²) < 4.78 is 1.75. The molecule has 2 atom stereocenters. The molecule has 1 aliphatic carbocycles. The predicted octanol–water partition coefficient (Wildman–Crippen LogP) is 2.57. The van der Waals surface area contributed by atoms with Crippen molar-refractivity contribution < 1.29 is 5.11 Å². The number of fused-ring (bicyclic) bond motifs is 5. The number of aliphatic hydroxyl groups excluding tert-OH is 1. The van der Waals surface area contributed by atoms with Crippen LogP contribution < -0.4 is 5.32 Å². The van der Waals surface area contributed by atoms with E-state index in [0.717, 1.165) is 22.3 Å². The van der Waals surface area contributed by atoms with Crippen LogP contribution in [-0.4, -0.2) is 37.3 Å². The molecule has 0 saturated carbocycles. The topological polar surface area (TPSA) is 75.3 Å². The van der Waals surface area contributed by atoms with Crippen LogP contribution in [0, 0.1) is 0 Å². The van der Waals surface area contributed by atoms with Gasteiger partial charge in [-0.05, 0) is 37.7 Å². The van der Waals surface area contributed by atoms with Gasteiger partial charge in [0.1, 0.15) is 11.2 Å². The Hall–Kier alpha value is -1.73. The van der Waals surface area contributed by atoms with Crippen LogP contribution >= 0.6 is 11.3 Å². The summed E-state index contributed by atoms with van der Waals surface area (Å²) in [6.45, 7) is 4.47. The molecule has 0 aromatic carbocycles. The molecule has 0 unspecified atom stereocenters. The first kappa shape index (κ1) is 13.9. The number of rotatable bonds is 3. The van der Waals surface area contributed by atoms with Gasteiger partial charge in [-0.2, -0.15) is 9.61 Å². The molecular weight excluding hydrogens is 298 g/mol. The summed E-state index contributed by atoms with van der Waals surface area (Å²) in [7, 11) is 0. The maximum Gasteiger partial charge on any atom is 0.227 e. The molecule has 0 spiro atoms. The fourth-order valence-corrected chi connectivity index (χ4v) is 4.58. The molecule has 7 heteroatoms. The van der Waals surface area contributed by atoms with Crippen molar-refractivity contribution in [2.24, 2.45) is 0 Å². The number of anilines is 1. The summed E-state index contributed by atoms with van der Waals surface area (Å²) in [5.41, 5.74) is 2.28. The van der Waals surface area contributed by atoms with Gasteiger partial charge >= 0.3 is 0 Å². The van der Waals surface area contributed by atoms with E-state index >= 15 is 0 Å². The highest BCUT2D eigenvalue weighted by Gasteiger charge is 2.25. The standard InChI is InChI=1S/C15H19N5OS/c1-8-4-3-5-10-11(8)12-13-17-7-18-20(13)15(16-6-9(2)21)19-14(12)22-10/h7-9,21H,3-6H2,1-2H3,(H,16,19)/t8-,9+/m1/s1. The molecule has 0 bridgehead atoms. The van der Waals surface area contributed by atoms with E-state index in [1.165, 1.54) is 23.3 Å². The SMILES string of the molecule is C[C@H](O)CNc1nc2sc3c(c2c2ncnn12)[C@H](C)CCC3. The number of aryl methyl sites for hydroxylation is 1. The van der Waals surface area contributed by atoms with Crippen LogP contribution in [0.25, 0.3) is 15.9 Å². The fraction of sp³-hybridized carbons (Fsp3) is 0.533. The van der Waals surface area contributed by atoms with Crippen LogP contribution in [0.3, 0.4) is 0 Å². The lowest BCUT2D eigenvalue weighted by atomic mass is 9.87. The van der Waals surface area contributed by atoms with Crippen LogP contribution in [0.1, 0.15) is 43.0 Å². The molecule has 3 aromatic heterocycles. The molecule has 0 radical (unpaired) electrons. The lowest BCUT2D eigenvalue weighted by Gasteiger charge is -2.18. The zero-order chi connectivity index (χ0) is 15.3. The van der Waals surface area contributed by atoms with Gasteiger partial charge in [0.2, 0.25) is 5.95 Å². The molecular formula is C15H19N5OS. The van der Waals surface area contributed by atoms with E-state index in [0.29, 0.717) is 18.4 Å². The fourth-order valence-electron chi connectivity index (χ4n) is 3.26. The molecule has 6 nitrogen and oxygen atoms in total. The molecule has 3 aromatic rings. The highest BCUT2D eigenvalue weighted by Crippen LogP contribution is 2.43. The van der Waals surface area contributed by atoms with Crippen molar-refractivity contribution in [3.63, 3.8) is 0 Å². The first-order valence-corrected chi connectivity index (χ1v) is 8.53. The Morgan fingerprint density at radius 2 is 2.41 bits per heavy atom. The Labute approximate surface area is 132 Å². The van der Waals surface area contributed by atoms with E-state index in [1.807, 2.05) is 0 Å². The quantitative estimate of drug-likeness (QED) is 0.776. The summed E-state index contributed by atoms with van der Waals surface area (Å²) in [5, 5.41) is 18.1. The first-order chi connectivity index (χ1) is 10.6. The van der Waals surface area contributed by atoms with Crippen molar-refractivity contribution in [3.8, 4) is 0 Å². The van der Waals surface area contributed by atoms with Crippen LogP contribution in [0.4, 0.5) is 5.95 Å². The van der Waals surface area contributed by atoms with Crippen molar-refractivity contribution in [1.82, 2.24) is 19.6 Å². The van der Waals surface area contributed by atoms with Crippen LogP contribution in [0.15, 0.2) is 6.33 Å². The Balaban J connectivity index is 1.95. The zero-order valence-electron chi connectivity index (χ0n) is 12.7. The Bertz CT molecular complexity index is 837. The maximum atomic E-state index is 9.48. The average Bonchev–Trinajstić information content (AvgIpc) is 3.08. The van der Waals surface area contributed by atoms with Crippen LogP contribution in [0.2, 0.25) is 0 Å². The number of hydrogen-bond acceptors (Lipinski definition) is 6. The summed E-state index contributed by atoms with van der Waals surface area (Å²) in [6.07, 6.45) is 4.74. The zero-order valence-corrected chi connectivity index (χ0v) is 13.5. The van der Waals surface area contributed by atoms with E-state index in [1.54, 1.807) is 29.1 Å². The monoisotopic (exact) mass is 317 g/mol. The number of thiophene rings is 1. The van der Waals surface area contributed by atoms with Crippen LogP contribution in [0.5, 0.6) is 0 Å². The number of aromatic nitrogens is 4. The first-order valence-electron chi connectivity index (χ1n) is 7.72. The highest BCUT2D eigenvalue weighted by molar-refractivity contribution is 7.19. The van der Waals surface area contributed by atoms with Gasteiger partial charge < -0.3 is 10.4 Å². The normalized spacial score (nSPS) is 19.5. The average molecular weight is 317 g/mol. The second-order valence-corrected chi connectivity index (χ2v) is 7.16. The number of aliphatic hydroxyl groups is 1.